The lowest BCUT2D eigenvalue weighted by Gasteiger charge is -2.07. The van der Waals surface area contributed by atoms with Crippen molar-refractivity contribution in [2.75, 3.05) is 7.11 Å². The summed E-state index contributed by atoms with van der Waals surface area (Å²) in [4.78, 5) is 22.1. The molecule has 96 valence electrons. The molecule has 0 bridgehead atoms. The Morgan fingerprint density at radius 2 is 2.06 bits per heavy atom. The van der Waals surface area contributed by atoms with Crippen LogP contribution >= 0.6 is 11.6 Å². The first kappa shape index (κ1) is 14.2. The molecule has 0 saturated heterocycles. The fraction of sp³-hybridized carbons (Fsp3) is 0.167. The van der Waals surface area contributed by atoms with Gasteiger partial charge in [-0.1, -0.05) is 17.7 Å². The average Bonchev–Trinajstić information content (AvgIpc) is 2.33. The van der Waals surface area contributed by atoms with Crippen molar-refractivity contribution in [2.45, 2.75) is 6.92 Å². The molecule has 1 aromatic rings. The number of aliphatic hydroxyl groups is 1. The highest BCUT2D eigenvalue weighted by molar-refractivity contribution is 6.39. The van der Waals surface area contributed by atoms with Crippen LogP contribution in [0.2, 0.25) is 5.02 Å². The van der Waals surface area contributed by atoms with Crippen molar-refractivity contribution in [1.29, 1.82) is 0 Å². The maximum Gasteiger partial charge on any atom is 0.378 e. The first-order chi connectivity index (χ1) is 8.38. The van der Waals surface area contributed by atoms with Gasteiger partial charge in [0, 0.05) is 6.08 Å². The van der Waals surface area contributed by atoms with E-state index in [4.69, 9.17) is 11.6 Å². The Morgan fingerprint density at radius 1 is 1.44 bits per heavy atom. The molecule has 1 rings (SSSR count). The molecule has 18 heavy (non-hydrogen) atoms. The minimum atomic E-state index is -1.16. The molecule has 0 aliphatic rings. The van der Waals surface area contributed by atoms with Crippen LogP contribution < -0.4 is 0 Å². The van der Waals surface area contributed by atoms with Gasteiger partial charge in [0.05, 0.1) is 17.7 Å². The van der Waals surface area contributed by atoms with Gasteiger partial charge >= 0.3 is 5.97 Å². The zero-order valence-electron chi connectivity index (χ0n) is 9.66. The maximum atomic E-state index is 13.5. The Hall–Kier alpha value is -1.88. The van der Waals surface area contributed by atoms with E-state index >= 15 is 0 Å². The number of rotatable bonds is 3. The molecule has 0 atom stereocenters. The molecule has 0 aliphatic heterocycles. The number of halogens is 2. The highest BCUT2D eigenvalue weighted by Gasteiger charge is 2.18. The minimum Gasteiger partial charge on any atom is -0.507 e. The zero-order chi connectivity index (χ0) is 13.9. The quantitative estimate of drug-likeness (QED) is 0.397. The zero-order valence-corrected chi connectivity index (χ0v) is 10.4. The molecule has 4 nitrogen and oxygen atoms in total. The van der Waals surface area contributed by atoms with Crippen molar-refractivity contribution in [1.82, 2.24) is 0 Å². The average molecular weight is 273 g/mol. The van der Waals surface area contributed by atoms with Crippen LogP contribution in [-0.4, -0.2) is 24.0 Å². The van der Waals surface area contributed by atoms with Crippen LogP contribution in [0.4, 0.5) is 4.39 Å². The van der Waals surface area contributed by atoms with Crippen LogP contribution in [0.25, 0.3) is 5.76 Å². The van der Waals surface area contributed by atoms with E-state index in [1.54, 1.807) is 6.92 Å². The Bertz CT molecular complexity index is 537. The largest absolute Gasteiger partial charge is 0.507 e. The predicted octanol–water partition coefficient (Wildman–Crippen LogP) is 2.43. The standard InChI is InChI=1S/C12H10ClFO4/c1-6-3-4-7(14)10(11(6)13)8(15)5-9(16)12(17)18-2/h3-5,15H,1-2H3. The van der Waals surface area contributed by atoms with E-state index in [1.807, 2.05) is 0 Å². The Kier molecular flexibility index (Phi) is 4.44. The van der Waals surface area contributed by atoms with Crippen LogP contribution in [-0.2, 0) is 14.3 Å². The summed E-state index contributed by atoms with van der Waals surface area (Å²) in [6, 6.07) is 2.53. The molecule has 0 aromatic heterocycles. The van der Waals surface area contributed by atoms with Crippen molar-refractivity contribution >= 4 is 29.1 Å². The number of hydrogen-bond donors (Lipinski definition) is 1. The van der Waals surface area contributed by atoms with Crippen LogP contribution in [0.15, 0.2) is 18.2 Å². The molecular weight excluding hydrogens is 263 g/mol. The van der Waals surface area contributed by atoms with E-state index in [1.165, 1.54) is 6.07 Å². The number of hydrogen-bond acceptors (Lipinski definition) is 4. The van der Waals surface area contributed by atoms with Gasteiger partial charge < -0.3 is 9.84 Å². The number of methoxy groups -OCH3 is 1. The first-order valence-electron chi connectivity index (χ1n) is 4.86. The highest BCUT2D eigenvalue weighted by atomic mass is 35.5. The lowest BCUT2D eigenvalue weighted by Crippen LogP contribution is -2.13. The van der Waals surface area contributed by atoms with Crippen LogP contribution in [0.3, 0.4) is 0 Å². The second-order valence-electron chi connectivity index (χ2n) is 3.44. The summed E-state index contributed by atoms with van der Waals surface area (Å²) < 4.78 is 17.7. The second kappa shape index (κ2) is 5.64. The van der Waals surface area contributed by atoms with Gasteiger partial charge in [-0.15, -0.1) is 0 Å². The number of aryl methyl sites for hydroxylation is 1. The van der Waals surface area contributed by atoms with Gasteiger partial charge in [-0.25, -0.2) is 9.18 Å². The third kappa shape index (κ3) is 2.87. The van der Waals surface area contributed by atoms with Crippen LogP contribution in [0, 0.1) is 12.7 Å². The molecule has 0 saturated carbocycles. The van der Waals surface area contributed by atoms with Crippen molar-refractivity contribution in [2.24, 2.45) is 0 Å². The van der Waals surface area contributed by atoms with Crippen LogP contribution in [0.1, 0.15) is 11.1 Å². The van der Waals surface area contributed by atoms with Crippen molar-refractivity contribution in [3.8, 4) is 0 Å². The lowest BCUT2D eigenvalue weighted by molar-refractivity contribution is -0.149. The summed E-state index contributed by atoms with van der Waals surface area (Å²) in [6.45, 7) is 1.61. The summed E-state index contributed by atoms with van der Waals surface area (Å²) in [5.41, 5.74) is 0.201. The van der Waals surface area contributed by atoms with Crippen molar-refractivity contribution in [3.63, 3.8) is 0 Å². The van der Waals surface area contributed by atoms with Gasteiger partial charge in [0.1, 0.15) is 11.6 Å². The molecule has 0 amide bonds. The molecular formula is C12H10ClFO4. The fourth-order valence-electron chi connectivity index (χ4n) is 1.25. The minimum absolute atomic E-state index is 0.0265. The van der Waals surface area contributed by atoms with E-state index in [-0.39, 0.29) is 10.6 Å². The number of esters is 1. The number of benzene rings is 1. The van der Waals surface area contributed by atoms with Crippen molar-refractivity contribution < 1.29 is 23.8 Å². The molecule has 0 heterocycles. The lowest BCUT2D eigenvalue weighted by atomic mass is 10.1. The first-order valence-corrected chi connectivity index (χ1v) is 5.24. The van der Waals surface area contributed by atoms with Gasteiger partial charge in [-0.3, -0.25) is 4.79 Å². The third-order valence-corrected chi connectivity index (χ3v) is 2.68. The molecule has 6 heteroatoms. The van der Waals surface area contributed by atoms with Gasteiger partial charge in [0.25, 0.3) is 5.78 Å². The maximum absolute atomic E-state index is 13.5. The number of carbonyl (C=O) groups is 2. The summed E-state index contributed by atoms with van der Waals surface area (Å²) in [5.74, 6) is -3.79. The predicted molar refractivity (Wildman–Crippen MR) is 63.8 cm³/mol. The molecule has 0 fully saturated rings. The highest BCUT2D eigenvalue weighted by Crippen LogP contribution is 2.28. The molecule has 0 unspecified atom stereocenters. The molecule has 0 aliphatic carbocycles. The smallest absolute Gasteiger partial charge is 0.378 e. The van der Waals surface area contributed by atoms with E-state index < -0.39 is 23.3 Å². The van der Waals surface area contributed by atoms with Crippen LogP contribution in [0.5, 0.6) is 0 Å². The monoisotopic (exact) mass is 272 g/mol. The number of aliphatic hydroxyl groups excluding tert-OH is 1. The topological polar surface area (TPSA) is 63.6 Å². The summed E-state index contributed by atoms with van der Waals surface area (Å²) in [6.07, 6.45) is 0.565. The van der Waals surface area contributed by atoms with E-state index in [0.29, 0.717) is 11.6 Å². The summed E-state index contributed by atoms with van der Waals surface area (Å²) >= 11 is 5.82. The number of carbonyl (C=O) groups excluding carboxylic acids is 2. The second-order valence-corrected chi connectivity index (χ2v) is 3.82. The normalized spacial score (nSPS) is 11.2. The van der Waals surface area contributed by atoms with E-state index in [9.17, 15) is 19.1 Å². The molecule has 1 aromatic carbocycles. The molecule has 1 N–H and O–H groups in total. The molecule has 0 radical (unpaired) electrons. The van der Waals surface area contributed by atoms with E-state index in [0.717, 1.165) is 13.2 Å². The summed E-state index contributed by atoms with van der Waals surface area (Å²) in [5, 5.41) is 9.60. The summed E-state index contributed by atoms with van der Waals surface area (Å²) in [7, 11) is 1.02. The SMILES string of the molecule is COC(=O)C(=O)C=C(O)c1c(F)ccc(C)c1Cl. The van der Waals surface area contributed by atoms with Gasteiger partial charge in [-0.2, -0.15) is 0 Å². The Morgan fingerprint density at radius 3 is 2.61 bits per heavy atom. The van der Waals surface area contributed by atoms with Gasteiger partial charge in [0.15, 0.2) is 0 Å². The number of ketones is 1. The Balaban J connectivity index is 3.23. The Labute approximate surface area is 108 Å². The third-order valence-electron chi connectivity index (χ3n) is 2.19. The molecule has 0 spiro atoms. The van der Waals surface area contributed by atoms with Gasteiger partial charge in [-0.05, 0) is 18.6 Å². The van der Waals surface area contributed by atoms with E-state index in [2.05, 4.69) is 4.74 Å². The number of ether oxygens (including phenoxy) is 1. The van der Waals surface area contributed by atoms with Gasteiger partial charge in [0.2, 0.25) is 0 Å². The van der Waals surface area contributed by atoms with Crippen molar-refractivity contribution in [3.05, 3.63) is 40.2 Å². The fourth-order valence-corrected chi connectivity index (χ4v) is 1.50.